The molecule has 244 valence electrons. The number of alkyl carbamates (subject to hydrolysis) is 1. The van der Waals surface area contributed by atoms with Crippen molar-refractivity contribution in [3.05, 3.63) is 36.0 Å². The van der Waals surface area contributed by atoms with Crippen molar-refractivity contribution < 1.29 is 33.3 Å². The molecule has 1 N–H and O–H groups in total. The van der Waals surface area contributed by atoms with Gasteiger partial charge in [-0.25, -0.2) is 19.6 Å². The van der Waals surface area contributed by atoms with Crippen molar-refractivity contribution in [2.75, 3.05) is 20.8 Å². The summed E-state index contributed by atoms with van der Waals surface area (Å²) in [6.45, 7) is 9.43. The van der Waals surface area contributed by atoms with Gasteiger partial charge in [0.2, 0.25) is 5.91 Å². The molecule has 2 amide bonds. The van der Waals surface area contributed by atoms with Crippen LogP contribution in [0.2, 0.25) is 5.15 Å². The number of halogens is 1. The third-order valence-corrected chi connectivity index (χ3v) is 9.46. The fourth-order valence-electron chi connectivity index (χ4n) is 6.79. The molecule has 2 heterocycles. The predicted octanol–water partition coefficient (Wildman–Crippen LogP) is 5.33. The Morgan fingerprint density at radius 2 is 1.93 bits per heavy atom. The van der Waals surface area contributed by atoms with Gasteiger partial charge in [0.1, 0.15) is 30.0 Å². The molecule has 12 heteroatoms. The monoisotopic (exact) mass is 642 g/mol. The molecular formula is C33H43ClN4O7. The van der Waals surface area contributed by atoms with E-state index in [1.165, 1.54) is 18.4 Å². The molecule has 0 spiro atoms. The highest BCUT2D eigenvalue weighted by Crippen LogP contribution is 2.57. The van der Waals surface area contributed by atoms with E-state index in [0.717, 1.165) is 25.7 Å². The van der Waals surface area contributed by atoms with Crippen LogP contribution in [-0.4, -0.2) is 77.9 Å². The lowest BCUT2D eigenvalue weighted by Gasteiger charge is -2.35. The summed E-state index contributed by atoms with van der Waals surface area (Å²) in [7, 11) is 2.82. The summed E-state index contributed by atoms with van der Waals surface area (Å²) in [5.74, 6) is 1.21. The van der Waals surface area contributed by atoms with Gasteiger partial charge < -0.3 is 29.2 Å². The maximum Gasteiger partial charge on any atom is 0.408 e. The number of nitrogens with zero attached hydrogens (tertiary/aromatic N) is 3. The molecule has 0 bridgehead atoms. The fraction of sp³-hybridized carbons (Fsp3) is 0.606. The number of allylic oxidation sites excluding steroid dienone is 1. The number of hydrogen-bond donors (Lipinski definition) is 1. The minimum Gasteiger partial charge on any atom is -0.497 e. The minimum absolute atomic E-state index is 0.0490. The molecule has 2 aliphatic carbocycles. The number of carbonyl (C=O) groups is 3. The summed E-state index contributed by atoms with van der Waals surface area (Å²) in [5.41, 5.74) is 0.387. The maximum absolute atomic E-state index is 14.1. The Hall–Kier alpha value is -3.60. The van der Waals surface area contributed by atoms with Crippen molar-refractivity contribution in [3.8, 4) is 11.6 Å². The number of aromatic nitrogens is 2. The van der Waals surface area contributed by atoms with E-state index in [0.29, 0.717) is 34.5 Å². The zero-order chi connectivity index (χ0) is 32.5. The molecular weight excluding hydrogens is 600 g/mol. The van der Waals surface area contributed by atoms with Crippen LogP contribution in [0.4, 0.5) is 4.79 Å². The molecule has 3 fully saturated rings. The number of amides is 2. The number of esters is 1. The number of benzene rings is 1. The number of methoxy groups -OCH3 is 2. The summed E-state index contributed by atoms with van der Waals surface area (Å²) in [6, 6.07) is 3.30. The Bertz CT molecular complexity index is 1450. The third kappa shape index (κ3) is 7.29. The van der Waals surface area contributed by atoms with Gasteiger partial charge in [0.05, 0.1) is 31.8 Å². The van der Waals surface area contributed by atoms with Crippen molar-refractivity contribution in [1.29, 1.82) is 0 Å². The molecule has 45 heavy (non-hydrogen) atoms. The molecule has 1 aromatic carbocycles. The first-order valence-electron chi connectivity index (χ1n) is 15.6. The van der Waals surface area contributed by atoms with Crippen LogP contribution in [-0.2, 0) is 19.1 Å². The van der Waals surface area contributed by atoms with E-state index in [1.807, 2.05) is 26.8 Å². The molecule has 5 rings (SSSR count). The van der Waals surface area contributed by atoms with E-state index < -0.39 is 41.6 Å². The van der Waals surface area contributed by atoms with Gasteiger partial charge in [-0.2, -0.15) is 0 Å². The van der Waals surface area contributed by atoms with Gasteiger partial charge in [-0.1, -0.05) is 38.4 Å². The number of unbranched alkanes of at least 4 members (excludes halogenated alkanes) is 1. The van der Waals surface area contributed by atoms with Crippen molar-refractivity contribution in [3.63, 3.8) is 0 Å². The van der Waals surface area contributed by atoms with Crippen LogP contribution < -0.4 is 14.8 Å². The second kappa shape index (κ2) is 13.4. The quantitative estimate of drug-likeness (QED) is 0.196. The van der Waals surface area contributed by atoms with E-state index in [4.69, 9.17) is 30.5 Å². The fourth-order valence-corrected chi connectivity index (χ4v) is 6.97. The van der Waals surface area contributed by atoms with Crippen LogP contribution >= 0.6 is 11.6 Å². The molecule has 2 aromatic rings. The molecule has 0 unspecified atom stereocenters. The molecule has 11 nitrogen and oxygen atoms in total. The highest BCUT2D eigenvalue weighted by atomic mass is 35.5. The minimum atomic E-state index is -0.970. The number of fused-ring (bicyclic) bond motifs is 2. The number of carbonyl (C=O) groups excluding carboxylic acids is 3. The first-order valence-corrected chi connectivity index (χ1v) is 16.0. The van der Waals surface area contributed by atoms with Gasteiger partial charge in [-0.15, -0.1) is 6.58 Å². The normalized spacial score (nSPS) is 26.1. The van der Waals surface area contributed by atoms with E-state index >= 15 is 0 Å². The summed E-state index contributed by atoms with van der Waals surface area (Å²) < 4.78 is 22.4. The number of nitrogens with one attached hydrogen (secondary N) is 1. The zero-order valence-electron chi connectivity index (χ0n) is 26.6. The Balaban J connectivity index is 1.30. The van der Waals surface area contributed by atoms with Gasteiger partial charge in [-0.05, 0) is 67.4 Å². The van der Waals surface area contributed by atoms with Gasteiger partial charge in [0.25, 0.3) is 5.88 Å². The van der Waals surface area contributed by atoms with Crippen LogP contribution in [0, 0.1) is 23.2 Å². The number of likely N-dealkylation sites (tertiary alicyclic amines) is 1. The van der Waals surface area contributed by atoms with Crippen LogP contribution in [0.25, 0.3) is 11.0 Å². The Labute approximate surface area is 269 Å². The molecule has 7 atom stereocenters. The predicted molar refractivity (Wildman–Crippen MR) is 168 cm³/mol. The smallest absolute Gasteiger partial charge is 0.408 e. The lowest BCUT2D eigenvalue weighted by Crippen LogP contribution is -2.57. The SMILES string of the molecule is C=CCCC[C@@H]1[C@H]2C[C@H]2C[C@H]1OC(=O)N[C@H](C(=O)N1C[C@H](Oc2nc3cc(OC)ccc3nc2Cl)C[C@H]1C(=O)OC)C(C)(C)C. The molecule has 1 saturated heterocycles. The van der Waals surface area contributed by atoms with Gasteiger partial charge in [-0.3, -0.25) is 4.79 Å². The largest absolute Gasteiger partial charge is 0.497 e. The molecule has 1 aromatic heterocycles. The van der Waals surface area contributed by atoms with Crippen molar-refractivity contribution in [1.82, 2.24) is 20.2 Å². The van der Waals surface area contributed by atoms with Gasteiger partial charge >= 0.3 is 12.1 Å². The third-order valence-electron chi connectivity index (χ3n) is 9.22. The average molecular weight is 643 g/mol. The highest BCUT2D eigenvalue weighted by Gasteiger charge is 2.54. The topological polar surface area (TPSA) is 129 Å². The lowest BCUT2D eigenvalue weighted by atomic mass is 9.85. The van der Waals surface area contributed by atoms with Crippen LogP contribution in [0.15, 0.2) is 30.9 Å². The number of ether oxygens (including phenoxy) is 4. The van der Waals surface area contributed by atoms with Gasteiger partial charge in [0, 0.05) is 12.5 Å². The molecule has 2 saturated carbocycles. The van der Waals surface area contributed by atoms with E-state index in [-0.39, 0.29) is 30.1 Å². The first kappa shape index (κ1) is 32.8. The zero-order valence-corrected chi connectivity index (χ0v) is 27.3. The first-order chi connectivity index (χ1) is 21.4. The molecule has 0 radical (unpaired) electrons. The average Bonchev–Trinajstić information content (AvgIpc) is 3.49. The highest BCUT2D eigenvalue weighted by molar-refractivity contribution is 6.31. The van der Waals surface area contributed by atoms with Crippen molar-refractivity contribution in [2.45, 2.75) is 83.6 Å². The van der Waals surface area contributed by atoms with E-state index in [9.17, 15) is 14.4 Å². The summed E-state index contributed by atoms with van der Waals surface area (Å²) in [5, 5.41) is 2.90. The number of rotatable bonds is 11. The van der Waals surface area contributed by atoms with Crippen LogP contribution in [0.1, 0.15) is 59.3 Å². The van der Waals surface area contributed by atoms with E-state index in [1.54, 1.807) is 25.3 Å². The Morgan fingerprint density at radius 1 is 1.16 bits per heavy atom. The second-order valence-electron chi connectivity index (χ2n) is 13.3. The molecule has 3 aliphatic rings. The Kier molecular flexibility index (Phi) is 9.77. The standard InChI is InChI=1S/C33H43ClN4O7/c1-7-8-9-10-21-22-13-18(22)14-26(21)45-32(41)37-27(33(2,3)4)30(39)38-17-20(16-25(38)31(40)43-6)44-29-28(34)35-23-12-11-19(42-5)15-24(23)36-29/h7,11-12,15,18,20-22,25-27H,1,8-10,13-14,16-17H2,2-6H3,(H,37,41)/t18-,20+,21+,22-,25-,26+,27+/m0/s1. The van der Waals surface area contributed by atoms with Crippen molar-refractivity contribution >= 4 is 40.6 Å². The van der Waals surface area contributed by atoms with Crippen molar-refractivity contribution in [2.24, 2.45) is 23.2 Å². The maximum atomic E-state index is 14.1. The van der Waals surface area contributed by atoms with E-state index in [2.05, 4.69) is 21.9 Å². The van der Waals surface area contributed by atoms with Gasteiger partial charge in [0.15, 0.2) is 5.15 Å². The second-order valence-corrected chi connectivity index (χ2v) is 13.7. The van der Waals surface area contributed by atoms with Crippen LogP contribution in [0.3, 0.4) is 0 Å². The summed E-state index contributed by atoms with van der Waals surface area (Å²) >= 11 is 6.41. The number of hydrogen-bond acceptors (Lipinski definition) is 9. The lowest BCUT2D eigenvalue weighted by molar-refractivity contribution is -0.152. The summed E-state index contributed by atoms with van der Waals surface area (Å²) in [4.78, 5) is 50.6. The van der Waals surface area contributed by atoms with Crippen LogP contribution in [0.5, 0.6) is 11.6 Å². The molecule has 1 aliphatic heterocycles. The Morgan fingerprint density at radius 3 is 2.62 bits per heavy atom. The summed E-state index contributed by atoms with van der Waals surface area (Å²) in [6.07, 6.45) is 5.61.